The van der Waals surface area contributed by atoms with E-state index in [0.717, 1.165) is 0 Å². The zero-order chi connectivity index (χ0) is 22.5. The Hall–Kier alpha value is -4.40. The fourth-order valence-electron chi connectivity index (χ4n) is 3.05. The van der Waals surface area contributed by atoms with Crippen molar-refractivity contribution in [3.05, 3.63) is 84.3 Å². The Morgan fingerprint density at radius 3 is 2.25 bits per heavy atom. The summed E-state index contributed by atoms with van der Waals surface area (Å²) in [6, 6.07) is 17.1. The molecule has 4 aromatic rings. The first-order valence-electron chi connectivity index (χ1n) is 10.0. The van der Waals surface area contributed by atoms with Gasteiger partial charge in [-0.15, -0.1) is 10.2 Å². The van der Waals surface area contributed by atoms with Crippen molar-refractivity contribution in [2.45, 2.75) is 19.9 Å². The summed E-state index contributed by atoms with van der Waals surface area (Å²) < 4.78 is 1.90. The Bertz CT molecular complexity index is 1250. The molecule has 3 heterocycles. The molecule has 0 aliphatic heterocycles. The molecule has 4 rings (SSSR count). The zero-order valence-corrected chi connectivity index (χ0v) is 17.6. The zero-order valence-electron chi connectivity index (χ0n) is 17.6. The van der Waals surface area contributed by atoms with Gasteiger partial charge >= 0.3 is 0 Å². The van der Waals surface area contributed by atoms with Crippen molar-refractivity contribution >= 4 is 23.5 Å². The van der Waals surface area contributed by atoms with Gasteiger partial charge in [-0.1, -0.05) is 18.2 Å². The Morgan fingerprint density at radius 2 is 1.56 bits per heavy atom. The molecule has 2 N–H and O–H groups in total. The lowest BCUT2D eigenvalue weighted by atomic mass is 10.1. The van der Waals surface area contributed by atoms with Crippen LogP contribution in [0.25, 0.3) is 11.5 Å². The molecule has 0 radical (unpaired) electrons. The molecule has 0 spiro atoms. The molecule has 9 nitrogen and oxygen atoms in total. The molecule has 0 unspecified atom stereocenters. The van der Waals surface area contributed by atoms with Crippen molar-refractivity contribution < 1.29 is 9.59 Å². The summed E-state index contributed by atoms with van der Waals surface area (Å²) in [6.45, 7) is 4.05. The highest BCUT2D eigenvalue weighted by atomic mass is 16.2. The van der Waals surface area contributed by atoms with E-state index in [4.69, 9.17) is 0 Å². The molecule has 0 atom stereocenters. The average Bonchev–Trinajstić information content (AvgIpc) is 3.30. The van der Waals surface area contributed by atoms with E-state index in [1.165, 1.54) is 6.07 Å². The quantitative estimate of drug-likeness (QED) is 0.483. The van der Waals surface area contributed by atoms with Gasteiger partial charge in [0.2, 0.25) is 0 Å². The lowest BCUT2D eigenvalue weighted by Crippen LogP contribution is -2.16. The van der Waals surface area contributed by atoms with Crippen LogP contribution in [0.3, 0.4) is 0 Å². The monoisotopic (exact) mass is 427 g/mol. The summed E-state index contributed by atoms with van der Waals surface area (Å²) in [5, 5.41) is 13.6. The number of nitrogens with zero attached hydrogens (tertiary/aromatic N) is 5. The normalized spacial score (nSPS) is 10.7. The maximum atomic E-state index is 12.8. The second-order valence-corrected chi connectivity index (χ2v) is 7.27. The summed E-state index contributed by atoms with van der Waals surface area (Å²) in [7, 11) is 0. The number of amides is 2. The van der Waals surface area contributed by atoms with Crippen LogP contribution in [0.15, 0.2) is 73.2 Å². The maximum Gasteiger partial charge on any atom is 0.256 e. The van der Waals surface area contributed by atoms with Crippen LogP contribution in [0.1, 0.15) is 40.6 Å². The molecule has 1 aromatic carbocycles. The van der Waals surface area contributed by atoms with E-state index >= 15 is 0 Å². The van der Waals surface area contributed by atoms with Gasteiger partial charge in [-0.05, 0) is 56.3 Å². The lowest BCUT2D eigenvalue weighted by Gasteiger charge is -2.11. The van der Waals surface area contributed by atoms with Crippen molar-refractivity contribution in [3.8, 4) is 11.5 Å². The number of rotatable bonds is 6. The second kappa shape index (κ2) is 9.17. The first-order valence-corrected chi connectivity index (χ1v) is 10.0. The number of hydrogen-bond donors (Lipinski definition) is 2. The second-order valence-electron chi connectivity index (χ2n) is 7.27. The van der Waals surface area contributed by atoms with Crippen LogP contribution in [-0.2, 0) is 0 Å². The van der Waals surface area contributed by atoms with Crippen molar-refractivity contribution in [2.75, 3.05) is 10.6 Å². The number of carbonyl (C=O) groups is 2. The van der Waals surface area contributed by atoms with Crippen LogP contribution in [0.4, 0.5) is 11.6 Å². The summed E-state index contributed by atoms with van der Waals surface area (Å²) in [4.78, 5) is 33.9. The minimum Gasteiger partial charge on any atom is -0.310 e. The molecular formula is C23H21N7O2. The highest BCUT2D eigenvalue weighted by molar-refractivity contribution is 6.08. The van der Waals surface area contributed by atoms with Crippen LogP contribution in [0.5, 0.6) is 0 Å². The summed E-state index contributed by atoms with van der Waals surface area (Å²) in [6.07, 6.45) is 3.23. The fourth-order valence-corrected chi connectivity index (χ4v) is 3.05. The number of pyridine rings is 2. The van der Waals surface area contributed by atoms with Crippen molar-refractivity contribution in [2.24, 2.45) is 0 Å². The number of anilines is 2. The Balaban J connectivity index is 1.50. The molecular weight excluding hydrogens is 406 g/mol. The van der Waals surface area contributed by atoms with E-state index in [-0.39, 0.29) is 17.9 Å². The minimum absolute atomic E-state index is 0.167. The van der Waals surface area contributed by atoms with E-state index in [9.17, 15) is 9.59 Å². The van der Waals surface area contributed by atoms with Gasteiger partial charge in [0.25, 0.3) is 11.8 Å². The predicted octanol–water partition coefficient (Wildman–Crippen LogP) is 3.82. The largest absolute Gasteiger partial charge is 0.310 e. The average molecular weight is 427 g/mol. The van der Waals surface area contributed by atoms with Crippen LogP contribution in [0.2, 0.25) is 0 Å². The third-order valence-electron chi connectivity index (χ3n) is 4.64. The minimum atomic E-state index is -0.382. The topological polar surface area (TPSA) is 115 Å². The van der Waals surface area contributed by atoms with Crippen LogP contribution < -0.4 is 10.6 Å². The van der Waals surface area contributed by atoms with Crippen LogP contribution in [-0.4, -0.2) is 36.5 Å². The SMILES string of the molecule is CC(C)n1cnnc1-c1cccc(NC(=O)c2cccc(C(=O)Nc3ccccn3)c2)n1. The van der Waals surface area contributed by atoms with Gasteiger partial charge in [-0.25, -0.2) is 9.97 Å². The lowest BCUT2D eigenvalue weighted by molar-refractivity contribution is 0.102. The van der Waals surface area contributed by atoms with Gasteiger partial charge in [-0.3, -0.25) is 9.59 Å². The smallest absolute Gasteiger partial charge is 0.256 e. The Kier molecular flexibility index (Phi) is 5.98. The summed E-state index contributed by atoms with van der Waals surface area (Å²) >= 11 is 0. The van der Waals surface area contributed by atoms with Crippen molar-refractivity contribution in [3.63, 3.8) is 0 Å². The molecule has 160 valence electrons. The van der Waals surface area contributed by atoms with Crippen molar-refractivity contribution in [1.82, 2.24) is 24.7 Å². The number of benzene rings is 1. The van der Waals surface area contributed by atoms with E-state index in [1.807, 2.05) is 18.4 Å². The number of aromatic nitrogens is 5. The third kappa shape index (κ3) is 4.67. The van der Waals surface area contributed by atoms with Crippen LogP contribution in [0, 0.1) is 0 Å². The molecule has 0 aliphatic carbocycles. The molecule has 9 heteroatoms. The van der Waals surface area contributed by atoms with Crippen LogP contribution >= 0.6 is 0 Å². The highest BCUT2D eigenvalue weighted by Gasteiger charge is 2.14. The van der Waals surface area contributed by atoms with Gasteiger partial charge in [-0.2, -0.15) is 0 Å². The van der Waals surface area contributed by atoms with E-state index in [0.29, 0.717) is 34.3 Å². The van der Waals surface area contributed by atoms with Gasteiger partial charge in [0.1, 0.15) is 23.7 Å². The molecule has 0 saturated carbocycles. The standard InChI is InChI=1S/C23H21N7O2/c1-15(2)30-14-25-29-21(30)18-9-6-11-20(26-18)28-23(32)17-8-5-7-16(13-17)22(31)27-19-10-3-4-12-24-19/h3-15H,1-2H3,(H,24,27,31)(H,26,28,32). The van der Waals surface area contributed by atoms with Gasteiger partial charge in [0.15, 0.2) is 5.82 Å². The maximum absolute atomic E-state index is 12.8. The molecule has 0 fully saturated rings. The van der Waals surface area contributed by atoms with E-state index in [1.54, 1.807) is 67.1 Å². The van der Waals surface area contributed by atoms with E-state index < -0.39 is 0 Å². The molecule has 0 bridgehead atoms. The Morgan fingerprint density at radius 1 is 0.875 bits per heavy atom. The number of hydrogen-bond acceptors (Lipinski definition) is 6. The molecule has 32 heavy (non-hydrogen) atoms. The fraction of sp³-hybridized carbons (Fsp3) is 0.130. The van der Waals surface area contributed by atoms with Gasteiger partial charge < -0.3 is 15.2 Å². The first-order chi connectivity index (χ1) is 15.5. The molecule has 3 aromatic heterocycles. The van der Waals surface area contributed by atoms with Gasteiger partial charge in [0, 0.05) is 23.4 Å². The van der Waals surface area contributed by atoms with Gasteiger partial charge in [0.05, 0.1) is 0 Å². The summed E-state index contributed by atoms with van der Waals surface area (Å²) in [5.41, 5.74) is 1.27. The number of nitrogens with one attached hydrogen (secondary N) is 2. The molecule has 0 saturated heterocycles. The third-order valence-corrected chi connectivity index (χ3v) is 4.64. The van der Waals surface area contributed by atoms with Crippen molar-refractivity contribution in [1.29, 1.82) is 0 Å². The molecule has 0 aliphatic rings. The Labute approximate surface area is 184 Å². The summed E-state index contributed by atoms with van der Waals surface area (Å²) in [5.74, 6) is 0.681. The number of carbonyl (C=O) groups excluding carboxylic acids is 2. The highest BCUT2D eigenvalue weighted by Crippen LogP contribution is 2.20. The predicted molar refractivity (Wildman–Crippen MR) is 120 cm³/mol. The van der Waals surface area contributed by atoms with E-state index in [2.05, 4.69) is 30.8 Å². The molecule has 2 amide bonds. The first kappa shape index (κ1) is 20.9.